The SMILES string of the molecule is CC/C=C\C/C=C\C/C=C\C/C=C\C/C=C\C/C=C\CCCCCCCCCCCCC(=O)OCC(COC(=O)CCCC/C=C\C/C=C\C/C=C\C/C=C\CC)OC(=O)CCCCCCCCC/C=C\C/C=C\CCCCCC. The number of carbonyl (C=O) groups excluding carboxylic acids is 3. The zero-order valence-corrected chi connectivity index (χ0v) is 51.8. The van der Waals surface area contributed by atoms with Crippen molar-refractivity contribution in [3.05, 3.63) is 146 Å². The van der Waals surface area contributed by atoms with Crippen molar-refractivity contribution in [1.82, 2.24) is 0 Å². The lowest BCUT2D eigenvalue weighted by Crippen LogP contribution is -2.30. The van der Waals surface area contributed by atoms with Gasteiger partial charge in [0.1, 0.15) is 13.2 Å². The van der Waals surface area contributed by atoms with Gasteiger partial charge in [0.05, 0.1) is 0 Å². The number of unbranched alkanes of at least 4 members (excludes halogenated alkanes) is 23. The second-order valence-corrected chi connectivity index (χ2v) is 21.3. The van der Waals surface area contributed by atoms with Gasteiger partial charge in [0, 0.05) is 19.3 Å². The van der Waals surface area contributed by atoms with Crippen LogP contribution in [-0.4, -0.2) is 37.2 Å². The maximum atomic E-state index is 12.9. The Bertz CT molecular complexity index is 1750. The first-order valence-corrected chi connectivity index (χ1v) is 32.8. The minimum atomic E-state index is -0.808. The number of ether oxygens (including phenoxy) is 3. The van der Waals surface area contributed by atoms with E-state index in [9.17, 15) is 14.4 Å². The molecule has 0 aromatic rings. The highest BCUT2D eigenvalue weighted by Crippen LogP contribution is 2.15. The van der Waals surface area contributed by atoms with Crippen LogP contribution in [0.3, 0.4) is 0 Å². The normalized spacial score (nSPS) is 13.1. The molecular formula is C74H120O6. The highest BCUT2D eigenvalue weighted by atomic mass is 16.6. The Hall–Kier alpha value is -4.71. The fourth-order valence-electron chi connectivity index (χ4n) is 8.70. The molecule has 0 aliphatic rings. The predicted molar refractivity (Wildman–Crippen MR) is 348 cm³/mol. The predicted octanol–water partition coefficient (Wildman–Crippen LogP) is 22.7. The molecule has 452 valence electrons. The van der Waals surface area contributed by atoms with Crippen LogP contribution in [0.15, 0.2) is 146 Å². The molecule has 0 radical (unpaired) electrons. The van der Waals surface area contributed by atoms with Crippen LogP contribution in [0.1, 0.15) is 284 Å². The summed E-state index contributed by atoms with van der Waals surface area (Å²) in [5, 5.41) is 0. The van der Waals surface area contributed by atoms with E-state index in [0.717, 1.165) is 135 Å². The van der Waals surface area contributed by atoms with E-state index in [-0.39, 0.29) is 31.1 Å². The third kappa shape index (κ3) is 64.1. The number of carbonyl (C=O) groups is 3. The molecule has 0 fully saturated rings. The lowest BCUT2D eigenvalue weighted by molar-refractivity contribution is -0.167. The van der Waals surface area contributed by atoms with Crippen molar-refractivity contribution in [2.45, 2.75) is 290 Å². The number of hydrogen-bond acceptors (Lipinski definition) is 6. The van der Waals surface area contributed by atoms with Crippen molar-refractivity contribution in [2.24, 2.45) is 0 Å². The van der Waals surface area contributed by atoms with Gasteiger partial charge >= 0.3 is 17.9 Å². The molecule has 0 amide bonds. The van der Waals surface area contributed by atoms with Gasteiger partial charge in [-0.05, 0) is 141 Å². The molecule has 0 rings (SSSR count). The molecule has 0 N–H and O–H groups in total. The Morgan fingerprint density at radius 1 is 0.263 bits per heavy atom. The van der Waals surface area contributed by atoms with Crippen molar-refractivity contribution in [2.75, 3.05) is 13.2 Å². The van der Waals surface area contributed by atoms with Crippen LogP contribution in [0.2, 0.25) is 0 Å². The molecule has 0 saturated heterocycles. The van der Waals surface area contributed by atoms with Crippen LogP contribution in [0.25, 0.3) is 0 Å². The first-order chi connectivity index (χ1) is 39.5. The molecule has 0 spiro atoms. The van der Waals surface area contributed by atoms with Crippen molar-refractivity contribution < 1.29 is 28.6 Å². The summed E-state index contributed by atoms with van der Waals surface area (Å²) in [6, 6.07) is 0. The Kier molecular flexibility index (Phi) is 62.9. The van der Waals surface area contributed by atoms with Gasteiger partial charge in [-0.1, -0.05) is 269 Å². The second-order valence-electron chi connectivity index (χ2n) is 21.3. The topological polar surface area (TPSA) is 78.9 Å². The third-order valence-corrected chi connectivity index (χ3v) is 13.6. The standard InChI is InChI=1S/C74H120O6/c1-4-7-10-13-16-19-22-25-28-30-32-33-34-35-36-37-38-39-40-41-42-44-46-49-52-55-58-61-64-67-73(76)79-70-71(69-78-72(75)66-63-60-57-54-51-48-45-27-24-21-18-15-12-9-6-3)80-74(77)68-65-62-59-56-53-50-47-43-31-29-26-23-20-17-14-11-8-5-2/h7,9-10,12,16,18-21,23,25,27-29,31-33,35-36,38-39,45,51,54,71H,4-6,8,11,13-15,17,22,24,26,30,34,37,40-44,46-50,52-53,55-70H2,1-3H3/b10-7-,12-9-,19-16-,21-18-,23-20-,28-25-,31-29-,33-32-,36-35-,39-38-,45-27-,54-51-. The second kappa shape index (κ2) is 66.8. The molecule has 0 heterocycles. The van der Waals surface area contributed by atoms with Crippen LogP contribution in [0.5, 0.6) is 0 Å². The maximum absolute atomic E-state index is 12.9. The lowest BCUT2D eigenvalue weighted by atomic mass is 10.1. The quantitative estimate of drug-likeness (QED) is 0.0261. The molecule has 80 heavy (non-hydrogen) atoms. The number of allylic oxidation sites excluding steroid dienone is 24. The van der Waals surface area contributed by atoms with Crippen LogP contribution < -0.4 is 0 Å². The molecule has 0 aliphatic carbocycles. The van der Waals surface area contributed by atoms with Crippen LogP contribution in [0, 0.1) is 0 Å². The molecular weight excluding hydrogens is 985 g/mol. The third-order valence-electron chi connectivity index (χ3n) is 13.6. The minimum absolute atomic E-state index is 0.101. The first kappa shape index (κ1) is 75.3. The highest BCUT2D eigenvalue weighted by molar-refractivity contribution is 5.71. The molecule has 0 aliphatic heterocycles. The average Bonchev–Trinajstić information content (AvgIpc) is 3.46. The van der Waals surface area contributed by atoms with E-state index in [1.54, 1.807) is 0 Å². The molecule has 0 saturated carbocycles. The zero-order valence-electron chi connectivity index (χ0n) is 51.8. The fourth-order valence-corrected chi connectivity index (χ4v) is 8.70. The summed E-state index contributed by atoms with van der Waals surface area (Å²) >= 11 is 0. The maximum Gasteiger partial charge on any atom is 0.306 e. The van der Waals surface area contributed by atoms with Crippen molar-refractivity contribution in [1.29, 1.82) is 0 Å². The molecule has 6 nitrogen and oxygen atoms in total. The first-order valence-electron chi connectivity index (χ1n) is 32.8. The van der Waals surface area contributed by atoms with Gasteiger partial charge in [-0.2, -0.15) is 0 Å². The number of rotatable bonds is 58. The van der Waals surface area contributed by atoms with E-state index in [1.165, 1.54) is 109 Å². The smallest absolute Gasteiger partial charge is 0.306 e. The summed E-state index contributed by atoms with van der Waals surface area (Å²) in [5.74, 6) is -0.955. The summed E-state index contributed by atoms with van der Waals surface area (Å²) in [7, 11) is 0. The van der Waals surface area contributed by atoms with E-state index in [0.29, 0.717) is 19.3 Å². The summed E-state index contributed by atoms with van der Waals surface area (Å²) < 4.78 is 16.9. The van der Waals surface area contributed by atoms with Gasteiger partial charge < -0.3 is 14.2 Å². The molecule has 0 aromatic heterocycles. The minimum Gasteiger partial charge on any atom is -0.462 e. The van der Waals surface area contributed by atoms with Gasteiger partial charge in [-0.25, -0.2) is 0 Å². The Balaban J connectivity index is 4.38. The lowest BCUT2D eigenvalue weighted by Gasteiger charge is -2.18. The van der Waals surface area contributed by atoms with Crippen molar-refractivity contribution in [3.63, 3.8) is 0 Å². The molecule has 0 bridgehead atoms. The molecule has 6 heteroatoms. The molecule has 1 unspecified atom stereocenters. The van der Waals surface area contributed by atoms with Gasteiger partial charge in [-0.15, -0.1) is 0 Å². The summed E-state index contributed by atoms with van der Waals surface area (Å²) in [4.78, 5) is 38.3. The van der Waals surface area contributed by atoms with E-state index in [4.69, 9.17) is 14.2 Å². The van der Waals surface area contributed by atoms with Gasteiger partial charge in [0.25, 0.3) is 0 Å². The van der Waals surface area contributed by atoms with E-state index in [2.05, 4.69) is 167 Å². The van der Waals surface area contributed by atoms with E-state index in [1.807, 2.05) is 0 Å². The number of esters is 3. The summed E-state index contributed by atoms with van der Waals surface area (Å²) in [6.45, 7) is 6.36. The van der Waals surface area contributed by atoms with E-state index < -0.39 is 6.10 Å². The monoisotopic (exact) mass is 1100 g/mol. The number of hydrogen-bond donors (Lipinski definition) is 0. The van der Waals surface area contributed by atoms with Gasteiger partial charge in [-0.3, -0.25) is 14.4 Å². The highest BCUT2D eigenvalue weighted by Gasteiger charge is 2.19. The average molecular weight is 1110 g/mol. The van der Waals surface area contributed by atoms with Crippen LogP contribution in [-0.2, 0) is 28.6 Å². The zero-order chi connectivity index (χ0) is 57.8. The van der Waals surface area contributed by atoms with Crippen LogP contribution >= 0.6 is 0 Å². The fraction of sp³-hybridized carbons (Fsp3) is 0.635. The largest absolute Gasteiger partial charge is 0.462 e. The molecule has 0 aromatic carbocycles. The molecule has 1 atom stereocenters. The van der Waals surface area contributed by atoms with Gasteiger partial charge in [0.15, 0.2) is 6.10 Å². The van der Waals surface area contributed by atoms with Gasteiger partial charge in [0.2, 0.25) is 0 Å². The summed E-state index contributed by atoms with van der Waals surface area (Å²) in [5.41, 5.74) is 0. The van der Waals surface area contributed by atoms with Crippen LogP contribution in [0.4, 0.5) is 0 Å². The Morgan fingerprint density at radius 2 is 0.487 bits per heavy atom. The van der Waals surface area contributed by atoms with Crippen molar-refractivity contribution in [3.8, 4) is 0 Å². The Labute approximate surface area is 493 Å². The van der Waals surface area contributed by atoms with Crippen molar-refractivity contribution >= 4 is 17.9 Å². The Morgan fingerprint density at radius 3 is 0.787 bits per heavy atom. The van der Waals surface area contributed by atoms with E-state index >= 15 is 0 Å². The summed E-state index contributed by atoms with van der Waals surface area (Å²) in [6.07, 6.45) is 95.7.